The van der Waals surface area contributed by atoms with Gasteiger partial charge in [0, 0.05) is 31.4 Å². The van der Waals surface area contributed by atoms with Crippen molar-refractivity contribution in [1.82, 2.24) is 10.2 Å². The molecule has 116 valence electrons. The van der Waals surface area contributed by atoms with Gasteiger partial charge >= 0.3 is 6.03 Å². The van der Waals surface area contributed by atoms with Crippen LogP contribution in [0.25, 0.3) is 0 Å². The third-order valence-corrected chi connectivity index (χ3v) is 3.68. The van der Waals surface area contributed by atoms with E-state index in [0.29, 0.717) is 19.2 Å². The van der Waals surface area contributed by atoms with Gasteiger partial charge in [-0.05, 0) is 37.6 Å². The molecule has 5 nitrogen and oxygen atoms in total. The van der Waals surface area contributed by atoms with Crippen LogP contribution in [0, 0.1) is 0 Å². The summed E-state index contributed by atoms with van der Waals surface area (Å²) in [5.74, 6) is 0. The van der Waals surface area contributed by atoms with Gasteiger partial charge in [0.05, 0.1) is 6.61 Å². The molecule has 1 aliphatic heterocycles. The normalized spacial score (nSPS) is 17.1. The topological polar surface area (TPSA) is 53.6 Å². The highest BCUT2D eigenvalue weighted by Gasteiger charge is 2.15. The number of carbonyl (C=O) groups is 1. The van der Waals surface area contributed by atoms with Crippen LogP contribution >= 0.6 is 0 Å². The second kappa shape index (κ2) is 8.00. The van der Waals surface area contributed by atoms with Crippen LogP contribution in [-0.4, -0.2) is 43.8 Å². The van der Waals surface area contributed by atoms with Gasteiger partial charge in [-0.2, -0.15) is 0 Å². The molecule has 0 radical (unpaired) electrons. The first kappa shape index (κ1) is 15.8. The van der Waals surface area contributed by atoms with Crippen LogP contribution in [-0.2, 0) is 4.74 Å². The van der Waals surface area contributed by atoms with E-state index in [1.165, 1.54) is 5.56 Å². The molecule has 0 saturated carbocycles. The molecular weight excluding hydrogens is 266 g/mol. The van der Waals surface area contributed by atoms with Crippen molar-refractivity contribution in [2.45, 2.75) is 26.3 Å². The number of benzene rings is 1. The van der Waals surface area contributed by atoms with E-state index in [0.717, 1.165) is 31.8 Å². The summed E-state index contributed by atoms with van der Waals surface area (Å²) < 4.78 is 5.36. The Bertz CT molecular complexity index is 439. The van der Waals surface area contributed by atoms with Crippen molar-refractivity contribution in [3.05, 3.63) is 29.8 Å². The second-order valence-electron chi connectivity index (χ2n) is 5.28. The van der Waals surface area contributed by atoms with E-state index in [4.69, 9.17) is 4.74 Å². The SMILES string of the molecule is CCNC(C)c1ccc(NC(=O)N2CCCOCC2)cc1. The average Bonchev–Trinajstić information content (AvgIpc) is 2.77. The molecule has 0 aliphatic carbocycles. The Morgan fingerprint density at radius 1 is 1.29 bits per heavy atom. The fourth-order valence-electron chi connectivity index (χ4n) is 2.43. The highest BCUT2D eigenvalue weighted by molar-refractivity contribution is 5.89. The summed E-state index contributed by atoms with van der Waals surface area (Å²) in [6, 6.07) is 8.28. The Hall–Kier alpha value is -1.59. The molecule has 0 bridgehead atoms. The zero-order valence-corrected chi connectivity index (χ0v) is 12.9. The highest BCUT2D eigenvalue weighted by atomic mass is 16.5. The molecule has 0 spiro atoms. The van der Waals surface area contributed by atoms with E-state index >= 15 is 0 Å². The first-order valence-corrected chi connectivity index (χ1v) is 7.67. The molecule has 2 N–H and O–H groups in total. The Kier molecular flexibility index (Phi) is 6.02. The monoisotopic (exact) mass is 291 g/mol. The van der Waals surface area contributed by atoms with Crippen molar-refractivity contribution in [2.75, 3.05) is 38.2 Å². The van der Waals surface area contributed by atoms with E-state index in [1.54, 1.807) is 0 Å². The van der Waals surface area contributed by atoms with Crippen LogP contribution in [0.4, 0.5) is 10.5 Å². The maximum absolute atomic E-state index is 12.2. The van der Waals surface area contributed by atoms with Crippen LogP contribution in [0.3, 0.4) is 0 Å². The molecule has 1 fully saturated rings. The number of nitrogens with zero attached hydrogens (tertiary/aromatic N) is 1. The van der Waals surface area contributed by atoms with Gasteiger partial charge in [-0.3, -0.25) is 0 Å². The van der Waals surface area contributed by atoms with Gasteiger partial charge in [0.25, 0.3) is 0 Å². The summed E-state index contributed by atoms with van der Waals surface area (Å²) in [7, 11) is 0. The van der Waals surface area contributed by atoms with Crippen LogP contribution < -0.4 is 10.6 Å². The fraction of sp³-hybridized carbons (Fsp3) is 0.562. The van der Waals surface area contributed by atoms with Crippen LogP contribution in [0.1, 0.15) is 31.9 Å². The molecule has 0 aromatic heterocycles. The van der Waals surface area contributed by atoms with E-state index in [1.807, 2.05) is 17.0 Å². The van der Waals surface area contributed by atoms with Crippen LogP contribution in [0.5, 0.6) is 0 Å². The number of amides is 2. The molecule has 1 aromatic rings. The van der Waals surface area contributed by atoms with Crippen molar-refractivity contribution >= 4 is 11.7 Å². The number of nitrogens with one attached hydrogen (secondary N) is 2. The van der Waals surface area contributed by atoms with E-state index in [2.05, 4.69) is 36.6 Å². The molecule has 1 atom stereocenters. The summed E-state index contributed by atoms with van der Waals surface area (Å²) >= 11 is 0. The molecule has 5 heteroatoms. The first-order valence-electron chi connectivity index (χ1n) is 7.67. The Morgan fingerprint density at radius 3 is 2.76 bits per heavy atom. The van der Waals surface area contributed by atoms with Gasteiger partial charge < -0.3 is 20.3 Å². The van der Waals surface area contributed by atoms with Gasteiger partial charge in [0.2, 0.25) is 0 Å². The minimum absolute atomic E-state index is 0.0482. The fourth-order valence-corrected chi connectivity index (χ4v) is 2.43. The van der Waals surface area contributed by atoms with Crippen molar-refractivity contribution in [3.63, 3.8) is 0 Å². The van der Waals surface area contributed by atoms with Gasteiger partial charge in [0.15, 0.2) is 0 Å². The van der Waals surface area contributed by atoms with Gasteiger partial charge in [0.1, 0.15) is 0 Å². The maximum atomic E-state index is 12.2. The Balaban J connectivity index is 1.91. The van der Waals surface area contributed by atoms with Gasteiger partial charge in [-0.1, -0.05) is 19.1 Å². The van der Waals surface area contributed by atoms with Crippen LogP contribution in [0.15, 0.2) is 24.3 Å². The van der Waals surface area contributed by atoms with Crippen LogP contribution in [0.2, 0.25) is 0 Å². The average molecular weight is 291 g/mol. The zero-order valence-electron chi connectivity index (χ0n) is 12.9. The molecule has 1 unspecified atom stereocenters. The number of hydrogen-bond acceptors (Lipinski definition) is 3. The molecule has 1 saturated heterocycles. The maximum Gasteiger partial charge on any atom is 0.321 e. The highest BCUT2D eigenvalue weighted by Crippen LogP contribution is 2.16. The van der Waals surface area contributed by atoms with Crippen molar-refractivity contribution < 1.29 is 9.53 Å². The van der Waals surface area contributed by atoms with Crippen molar-refractivity contribution in [2.24, 2.45) is 0 Å². The lowest BCUT2D eigenvalue weighted by atomic mass is 10.1. The third-order valence-electron chi connectivity index (χ3n) is 3.68. The summed E-state index contributed by atoms with van der Waals surface area (Å²) in [5, 5.41) is 6.32. The molecule has 2 rings (SSSR count). The quantitative estimate of drug-likeness (QED) is 0.896. The number of hydrogen-bond donors (Lipinski definition) is 2. The predicted molar refractivity (Wildman–Crippen MR) is 84.6 cm³/mol. The lowest BCUT2D eigenvalue weighted by Crippen LogP contribution is -2.36. The Morgan fingerprint density at radius 2 is 2.05 bits per heavy atom. The molecule has 1 aromatic carbocycles. The van der Waals surface area contributed by atoms with E-state index < -0.39 is 0 Å². The summed E-state index contributed by atoms with van der Waals surface area (Å²) in [6.45, 7) is 7.93. The molecule has 2 amide bonds. The molecule has 1 heterocycles. The number of ether oxygens (including phenoxy) is 1. The first-order chi connectivity index (χ1) is 10.2. The van der Waals surface area contributed by atoms with Gasteiger partial charge in [-0.15, -0.1) is 0 Å². The van der Waals surface area contributed by atoms with Crippen molar-refractivity contribution in [3.8, 4) is 0 Å². The third kappa shape index (κ3) is 4.72. The molecule has 21 heavy (non-hydrogen) atoms. The lowest BCUT2D eigenvalue weighted by Gasteiger charge is -2.20. The van der Waals surface area contributed by atoms with Crippen molar-refractivity contribution in [1.29, 1.82) is 0 Å². The number of carbonyl (C=O) groups excluding carboxylic acids is 1. The smallest absolute Gasteiger partial charge is 0.321 e. The number of rotatable bonds is 4. The number of anilines is 1. The molecular formula is C16H25N3O2. The minimum atomic E-state index is -0.0482. The molecule has 1 aliphatic rings. The summed E-state index contributed by atoms with van der Waals surface area (Å²) in [5.41, 5.74) is 2.05. The van der Waals surface area contributed by atoms with Gasteiger partial charge in [-0.25, -0.2) is 4.79 Å². The predicted octanol–water partition coefficient (Wildman–Crippen LogP) is 2.61. The lowest BCUT2D eigenvalue weighted by molar-refractivity contribution is 0.144. The standard InChI is InChI=1S/C16H25N3O2/c1-3-17-13(2)14-5-7-15(8-6-14)18-16(20)19-9-4-11-21-12-10-19/h5-8,13,17H,3-4,9-12H2,1-2H3,(H,18,20). The largest absolute Gasteiger partial charge is 0.380 e. The summed E-state index contributed by atoms with van der Waals surface area (Å²) in [6.07, 6.45) is 0.895. The zero-order chi connectivity index (χ0) is 15.1. The second-order valence-corrected chi connectivity index (χ2v) is 5.28. The number of urea groups is 1. The van der Waals surface area contributed by atoms with E-state index in [9.17, 15) is 4.79 Å². The van der Waals surface area contributed by atoms with E-state index in [-0.39, 0.29) is 6.03 Å². The summed E-state index contributed by atoms with van der Waals surface area (Å²) in [4.78, 5) is 14.0. The minimum Gasteiger partial charge on any atom is -0.380 e. The Labute approximate surface area is 126 Å².